The summed E-state index contributed by atoms with van der Waals surface area (Å²) in [6, 6.07) is 3.30. The van der Waals surface area contributed by atoms with E-state index in [9.17, 15) is 4.39 Å². The van der Waals surface area contributed by atoms with Gasteiger partial charge in [-0.2, -0.15) is 0 Å². The van der Waals surface area contributed by atoms with Gasteiger partial charge in [-0.25, -0.2) is 9.38 Å². The van der Waals surface area contributed by atoms with Crippen molar-refractivity contribution in [2.75, 3.05) is 6.54 Å². The number of aromatic nitrogens is 1. The summed E-state index contributed by atoms with van der Waals surface area (Å²) in [5.41, 5.74) is 0.360. The highest BCUT2D eigenvalue weighted by molar-refractivity contribution is 14.0. The molecule has 19 heavy (non-hydrogen) atoms. The molecule has 0 aliphatic heterocycles. The maximum absolute atomic E-state index is 13.4. The Morgan fingerprint density at radius 2 is 2.21 bits per heavy atom. The lowest BCUT2D eigenvalue weighted by Crippen LogP contribution is -2.42. The van der Waals surface area contributed by atoms with Gasteiger partial charge in [-0.3, -0.25) is 4.98 Å². The maximum atomic E-state index is 13.4. The zero-order chi connectivity index (χ0) is 13.4. The van der Waals surface area contributed by atoms with E-state index in [2.05, 4.69) is 34.5 Å². The lowest BCUT2D eigenvalue weighted by Gasteiger charge is -2.16. The Hall–Kier alpha value is -0.920. The molecule has 1 aromatic heterocycles. The largest absolute Gasteiger partial charge is 0.357 e. The zero-order valence-corrected chi connectivity index (χ0v) is 13.9. The van der Waals surface area contributed by atoms with Crippen molar-refractivity contribution in [3.05, 3.63) is 29.8 Å². The van der Waals surface area contributed by atoms with Crippen molar-refractivity contribution >= 4 is 29.9 Å². The molecule has 0 spiro atoms. The molecule has 0 bridgehead atoms. The number of aliphatic imine (C=N–C) groups is 1. The van der Waals surface area contributed by atoms with E-state index in [4.69, 9.17) is 0 Å². The Labute approximate surface area is 131 Å². The van der Waals surface area contributed by atoms with E-state index < -0.39 is 0 Å². The molecule has 1 heterocycles. The average molecular weight is 380 g/mol. The standard InChI is InChI=1S/C13H21FN4.HI/c1-4-10(3)18-13(15-5-2)17-9-12-11(14)7-6-8-16-12;/h6-8,10H,4-5,9H2,1-3H3,(H2,15,17,18);1H. The van der Waals surface area contributed by atoms with Crippen LogP contribution in [0.2, 0.25) is 0 Å². The van der Waals surface area contributed by atoms with Gasteiger partial charge >= 0.3 is 0 Å². The number of halogens is 2. The molecule has 1 atom stereocenters. The van der Waals surface area contributed by atoms with Gasteiger partial charge in [0.15, 0.2) is 5.96 Å². The molecule has 0 aromatic carbocycles. The highest BCUT2D eigenvalue weighted by atomic mass is 127. The Morgan fingerprint density at radius 3 is 2.79 bits per heavy atom. The Bertz CT molecular complexity index is 398. The van der Waals surface area contributed by atoms with E-state index in [0.29, 0.717) is 17.7 Å². The molecule has 0 aliphatic carbocycles. The lowest BCUT2D eigenvalue weighted by atomic mass is 10.3. The second kappa shape index (κ2) is 9.94. The summed E-state index contributed by atoms with van der Waals surface area (Å²) in [6.07, 6.45) is 2.57. The molecule has 4 nitrogen and oxygen atoms in total. The lowest BCUT2D eigenvalue weighted by molar-refractivity contribution is 0.596. The number of hydrogen-bond acceptors (Lipinski definition) is 2. The number of rotatable bonds is 5. The van der Waals surface area contributed by atoms with Crippen LogP contribution in [-0.2, 0) is 6.54 Å². The third-order valence-electron chi connectivity index (χ3n) is 2.56. The quantitative estimate of drug-likeness (QED) is 0.469. The number of hydrogen-bond donors (Lipinski definition) is 2. The minimum Gasteiger partial charge on any atom is -0.357 e. The van der Waals surface area contributed by atoms with Gasteiger partial charge in [-0.05, 0) is 32.4 Å². The molecular weight excluding hydrogens is 358 g/mol. The van der Waals surface area contributed by atoms with Crippen LogP contribution in [0.25, 0.3) is 0 Å². The monoisotopic (exact) mass is 380 g/mol. The Balaban J connectivity index is 0.00000324. The number of guanidine groups is 1. The number of pyridine rings is 1. The topological polar surface area (TPSA) is 49.3 Å². The summed E-state index contributed by atoms with van der Waals surface area (Å²) in [5.74, 6) is 0.373. The molecule has 2 N–H and O–H groups in total. The second-order valence-corrected chi connectivity index (χ2v) is 4.08. The highest BCUT2D eigenvalue weighted by Crippen LogP contribution is 2.03. The van der Waals surface area contributed by atoms with Crippen LogP contribution in [0.4, 0.5) is 4.39 Å². The normalized spacial score (nSPS) is 12.5. The van der Waals surface area contributed by atoms with Gasteiger partial charge in [-0.1, -0.05) is 6.92 Å². The van der Waals surface area contributed by atoms with Crippen LogP contribution >= 0.6 is 24.0 Å². The van der Waals surface area contributed by atoms with Crippen LogP contribution in [0.15, 0.2) is 23.3 Å². The first kappa shape index (κ1) is 18.1. The highest BCUT2D eigenvalue weighted by Gasteiger charge is 2.04. The Kier molecular flexibility index (Phi) is 9.46. The van der Waals surface area contributed by atoms with Crippen molar-refractivity contribution in [3.8, 4) is 0 Å². The van der Waals surface area contributed by atoms with Crippen molar-refractivity contribution in [1.82, 2.24) is 15.6 Å². The fourth-order valence-electron chi connectivity index (χ4n) is 1.34. The first-order valence-electron chi connectivity index (χ1n) is 6.31. The van der Waals surface area contributed by atoms with Crippen molar-refractivity contribution in [2.24, 2.45) is 4.99 Å². The number of nitrogens with zero attached hydrogens (tertiary/aromatic N) is 2. The third-order valence-corrected chi connectivity index (χ3v) is 2.56. The van der Waals surface area contributed by atoms with Gasteiger partial charge in [0, 0.05) is 18.8 Å². The van der Waals surface area contributed by atoms with Gasteiger partial charge in [-0.15, -0.1) is 24.0 Å². The van der Waals surface area contributed by atoms with E-state index in [1.165, 1.54) is 6.07 Å². The SMILES string of the molecule is CCNC(=NCc1ncccc1F)NC(C)CC.I. The predicted octanol–water partition coefficient (Wildman–Crippen LogP) is 2.69. The summed E-state index contributed by atoms with van der Waals surface area (Å²) in [4.78, 5) is 8.30. The average Bonchev–Trinajstić information content (AvgIpc) is 2.37. The molecule has 108 valence electrons. The van der Waals surface area contributed by atoms with Gasteiger partial charge in [0.2, 0.25) is 0 Å². The fraction of sp³-hybridized carbons (Fsp3) is 0.538. The van der Waals surface area contributed by atoms with Crippen LogP contribution in [0.1, 0.15) is 32.9 Å². The van der Waals surface area contributed by atoms with E-state index in [1.54, 1.807) is 12.3 Å². The molecule has 0 saturated heterocycles. The smallest absolute Gasteiger partial charge is 0.191 e. The van der Waals surface area contributed by atoms with Gasteiger partial charge in [0.25, 0.3) is 0 Å². The van der Waals surface area contributed by atoms with Crippen molar-refractivity contribution in [2.45, 2.75) is 39.8 Å². The molecule has 0 aliphatic rings. The zero-order valence-electron chi connectivity index (χ0n) is 11.6. The van der Waals surface area contributed by atoms with Crippen LogP contribution in [0.5, 0.6) is 0 Å². The van der Waals surface area contributed by atoms with E-state index >= 15 is 0 Å². The van der Waals surface area contributed by atoms with Crippen LogP contribution in [0.3, 0.4) is 0 Å². The second-order valence-electron chi connectivity index (χ2n) is 4.08. The van der Waals surface area contributed by atoms with Crippen molar-refractivity contribution in [3.63, 3.8) is 0 Å². The molecule has 0 amide bonds. The predicted molar refractivity (Wildman–Crippen MR) is 87.3 cm³/mol. The summed E-state index contributed by atoms with van der Waals surface area (Å²) < 4.78 is 13.4. The van der Waals surface area contributed by atoms with E-state index in [-0.39, 0.29) is 36.3 Å². The molecule has 0 fully saturated rings. The first-order chi connectivity index (χ1) is 8.67. The minimum atomic E-state index is -0.319. The van der Waals surface area contributed by atoms with Crippen LogP contribution in [-0.4, -0.2) is 23.5 Å². The van der Waals surface area contributed by atoms with Crippen molar-refractivity contribution in [1.29, 1.82) is 0 Å². The van der Waals surface area contributed by atoms with E-state index in [1.807, 2.05) is 6.92 Å². The fourth-order valence-corrected chi connectivity index (χ4v) is 1.34. The molecule has 0 saturated carbocycles. The van der Waals surface area contributed by atoms with Gasteiger partial charge < -0.3 is 10.6 Å². The first-order valence-corrected chi connectivity index (χ1v) is 6.31. The van der Waals surface area contributed by atoms with Gasteiger partial charge in [0.1, 0.15) is 5.82 Å². The van der Waals surface area contributed by atoms with Gasteiger partial charge in [0.05, 0.1) is 12.2 Å². The maximum Gasteiger partial charge on any atom is 0.191 e. The summed E-state index contributed by atoms with van der Waals surface area (Å²) >= 11 is 0. The molecule has 0 radical (unpaired) electrons. The van der Waals surface area contributed by atoms with Crippen LogP contribution < -0.4 is 10.6 Å². The molecule has 1 unspecified atom stereocenters. The molecule has 1 aromatic rings. The third kappa shape index (κ3) is 6.70. The molecular formula is C13H22FIN4. The van der Waals surface area contributed by atoms with E-state index in [0.717, 1.165) is 13.0 Å². The molecule has 1 rings (SSSR count). The minimum absolute atomic E-state index is 0. The van der Waals surface area contributed by atoms with Crippen molar-refractivity contribution < 1.29 is 4.39 Å². The van der Waals surface area contributed by atoms with Crippen LogP contribution in [0, 0.1) is 5.82 Å². The summed E-state index contributed by atoms with van der Waals surface area (Å²) in [5, 5.41) is 6.37. The Morgan fingerprint density at radius 1 is 1.47 bits per heavy atom. The summed E-state index contributed by atoms with van der Waals surface area (Å²) in [7, 11) is 0. The molecule has 6 heteroatoms. The summed E-state index contributed by atoms with van der Waals surface area (Å²) in [6.45, 7) is 7.18. The number of nitrogens with one attached hydrogen (secondary N) is 2.